The van der Waals surface area contributed by atoms with Gasteiger partial charge in [0.1, 0.15) is 0 Å². The molecule has 3 fully saturated rings. The van der Waals surface area contributed by atoms with Crippen molar-refractivity contribution < 1.29 is 38.6 Å². The van der Waals surface area contributed by atoms with Gasteiger partial charge in [-0.3, -0.25) is 33.8 Å². The smallest absolute Gasteiger partial charge is 0.254 e. The largest absolute Gasteiger partial charge is 0.502 e. The zero-order valence-corrected chi connectivity index (χ0v) is 30.4. The minimum absolute atomic E-state index is 0.139. The average molecular weight is 794 g/mol. The summed E-state index contributed by atoms with van der Waals surface area (Å²) in [5.41, 5.74) is 2.25. The number of nitrogens with zero attached hydrogens (tertiary/aromatic N) is 2. The first-order valence-electron chi connectivity index (χ1n) is 16.1. The molecule has 2 aliphatic carbocycles. The number of allylic oxidation sites excluding steroid dienone is 3. The Kier molecular flexibility index (Phi) is 8.88. The summed E-state index contributed by atoms with van der Waals surface area (Å²) in [5, 5.41) is 10.4. The van der Waals surface area contributed by atoms with E-state index in [0.29, 0.717) is 28.0 Å². The van der Waals surface area contributed by atoms with E-state index in [2.05, 4.69) is 15.9 Å². The van der Waals surface area contributed by atoms with Crippen LogP contribution >= 0.6 is 39.1 Å². The molecule has 2 saturated heterocycles. The summed E-state index contributed by atoms with van der Waals surface area (Å²) in [5.74, 6) is -5.64. The lowest BCUT2D eigenvalue weighted by Gasteiger charge is -2.49. The lowest BCUT2D eigenvalue weighted by Crippen LogP contribution is -2.60. The number of rotatable bonds is 8. The Labute approximate surface area is 311 Å². The zero-order valence-electron chi connectivity index (χ0n) is 27.3. The van der Waals surface area contributed by atoms with Gasteiger partial charge in [0.05, 0.1) is 37.2 Å². The molecule has 262 valence electrons. The maximum Gasteiger partial charge on any atom is 0.254 e. The number of phenolic OH excluding ortho intramolecular Hbond substituents is 1. The number of ether oxygens (including phenoxy) is 2. The summed E-state index contributed by atoms with van der Waals surface area (Å²) >= 11 is 17.8. The number of fused-ring (bicyclic) bond motifs is 4. The first-order valence-corrected chi connectivity index (χ1v) is 18.0. The molecule has 2 aliphatic heterocycles. The third-order valence-electron chi connectivity index (χ3n) is 10.5. The molecule has 0 spiro atoms. The van der Waals surface area contributed by atoms with Gasteiger partial charge in [-0.25, -0.2) is 0 Å². The number of carbonyl (C=O) groups excluding carboxylic acids is 5. The summed E-state index contributed by atoms with van der Waals surface area (Å²) in [6, 6.07) is 18.2. The molecule has 6 atom stereocenters. The molecule has 3 aromatic rings. The zero-order chi connectivity index (χ0) is 36.4. The molecule has 51 heavy (non-hydrogen) atoms. The SMILES string of the molecule is COc1cc(C=CC2C3=CCC4C(=O)N(c5ccc(C(=O)c6ccccc6)cc5)C(=O)C4C3CC3(Cl)C(=O)N(CBr)C(=O)C23Cl)cc(OC)c1O. The van der Waals surface area contributed by atoms with Crippen molar-refractivity contribution in [3.8, 4) is 17.2 Å². The van der Waals surface area contributed by atoms with Crippen LogP contribution in [0.15, 0.2) is 84.5 Å². The molecule has 0 radical (unpaired) electrons. The molecule has 10 nitrogen and oxygen atoms in total. The number of hydrogen-bond donors (Lipinski definition) is 1. The number of likely N-dealkylation sites (tertiary alicyclic amines) is 1. The molecule has 0 aromatic heterocycles. The second-order valence-corrected chi connectivity index (χ2v) is 14.7. The summed E-state index contributed by atoms with van der Waals surface area (Å²) in [4.78, 5) is 67.3. The molecule has 0 bridgehead atoms. The molecule has 4 amide bonds. The highest BCUT2D eigenvalue weighted by Crippen LogP contribution is 2.63. The Hall–Kier alpha value is -4.45. The van der Waals surface area contributed by atoms with Crippen molar-refractivity contribution >= 4 is 80.3 Å². The normalized spacial score (nSPS) is 28.5. The molecule has 7 rings (SSSR count). The highest BCUT2D eigenvalue weighted by atomic mass is 79.9. The molecule has 4 aliphatic rings. The highest BCUT2D eigenvalue weighted by molar-refractivity contribution is 9.09. The van der Waals surface area contributed by atoms with Crippen molar-refractivity contribution in [3.63, 3.8) is 0 Å². The quantitative estimate of drug-likeness (QED) is 0.0953. The van der Waals surface area contributed by atoms with Crippen molar-refractivity contribution in [1.82, 2.24) is 4.90 Å². The summed E-state index contributed by atoms with van der Waals surface area (Å²) in [7, 11) is 2.79. The number of hydrogen-bond acceptors (Lipinski definition) is 8. The lowest BCUT2D eigenvalue weighted by atomic mass is 9.57. The molecule has 2 heterocycles. The van der Waals surface area contributed by atoms with Crippen LogP contribution in [0.25, 0.3) is 6.08 Å². The number of ketones is 1. The fourth-order valence-electron chi connectivity index (χ4n) is 7.99. The number of amides is 4. The van der Waals surface area contributed by atoms with E-state index in [-0.39, 0.29) is 41.3 Å². The second kappa shape index (κ2) is 13.0. The van der Waals surface area contributed by atoms with Gasteiger partial charge in [-0.2, -0.15) is 0 Å². The average Bonchev–Trinajstić information content (AvgIpc) is 3.48. The number of benzene rings is 3. The number of carbonyl (C=O) groups is 5. The maximum absolute atomic E-state index is 14.3. The number of alkyl halides is 3. The molecular formula is C38H31BrCl2N2O8. The van der Waals surface area contributed by atoms with Crippen molar-refractivity contribution in [2.24, 2.45) is 23.7 Å². The Bertz CT molecular complexity index is 2030. The van der Waals surface area contributed by atoms with Crippen LogP contribution in [0, 0.1) is 23.7 Å². The first kappa shape index (κ1) is 35.0. The van der Waals surface area contributed by atoms with Crippen LogP contribution in [0.5, 0.6) is 17.2 Å². The van der Waals surface area contributed by atoms with Gasteiger partial charge in [0, 0.05) is 17.0 Å². The van der Waals surface area contributed by atoms with Gasteiger partial charge in [0.25, 0.3) is 11.8 Å². The Morgan fingerprint density at radius 3 is 2.16 bits per heavy atom. The second-order valence-electron chi connectivity index (χ2n) is 12.9. The van der Waals surface area contributed by atoms with Gasteiger partial charge < -0.3 is 14.6 Å². The number of methoxy groups -OCH3 is 2. The van der Waals surface area contributed by atoms with Crippen molar-refractivity contribution in [3.05, 3.63) is 101 Å². The van der Waals surface area contributed by atoms with Crippen molar-refractivity contribution in [2.45, 2.75) is 22.6 Å². The fraction of sp³-hybridized carbons (Fsp3) is 0.289. The van der Waals surface area contributed by atoms with Gasteiger partial charge in [0.15, 0.2) is 27.0 Å². The summed E-state index contributed by atoms with van der Waals surface area (Å²) in [6.07, 6.45) is 5.21. The van der Waals surface area contributed by atoms with E-state index in [0.717, 1.165) is 9.80 Å². The number of anilines is 1. The van der Waals surface area contributed by atoms with Crippen molar-refractivity contribution in [1.29, 1.82) is 0 Å². The lowest BCUT2D eigenvalue weighted by molar-refractivity contribution is -0.138. The van der Waals surface area contributed by atoms with Gasteiger partial charge in [-0.15, -0.1) is 23.2 Å². The summed E-state index contributed by atoms with van der Waals surface area (Å²) in [6.45, 7) is 0. The van der Waals surface area contributed by atoms with E-state index in [1.165, 1.54) is 14.2 Å². The molecular weight excluding hydrogens is 763 g/mol. The molecule has 6 unspecified atom stereocenters. The van der Waals surface area contributed by atoms with Crippen LogP contribution < -0.4 is 14.4 Å². The number of imide groups is 2. The molecule has 13 heteroatoms. The van der Waals surface area contributed by atoms with Crippen LogP contribution in [-0.4, -0.2) is 68.8 Å². The molecule has 1 N–H and O–H groups in total. The minimum Gasteiger partial charge on any atom is -0.502 e. The van der Waals surface area contributed by atoms with Gasteiger partial charge >= 0.3 is 0 Å². The monoisotopic (exact) mass is 792 g/mol. The molecule has 1 saturated carbocycles. The predicted molar refractivity (Wildman–Crippen MR) is 193 cm³/mol. The van der Waals surface area contributed by atoms with Crippen LogP contribution in [0.1, 0.15) is 34.3 Å². The van der Waals surface area contributed by atoms with Crippen molar-refractivity contribution in [2.75, 3.05) is 24.6 Å². The minimum atomic E-state index is -1.96. The third-order valence-corrected chi connectivity index (χ3v) is 12.4. The molecule has 3 aromatic carbocycles. The Balaban J connectivity index is 1.27. The number of halogens is 3. The predicted octanol–water partition coefficient (Wildman–Crippen LogP) is 6.10. The third kappa shape index (κ3) is 5.15. The highest BCUT2D eigenvalue weighted by Gasteiger charge is 2.75. The number of phenols is 1. The van der Waals surface area contributed by atoms with Crippen LogP contribution in [0.2, 0.25) is 0 Å². The van der Waals surface area contributed by atoms with Crippen LogP contribution in [-0.2, 0) is 19.2 Å². The standard InChI is InChI=1S/C38H31BrCl2N2O8/c1-50-28-16-20(17-29(51-2)32(28)45)8-15-27-24-13-14-25-30(26(24)18-37(40)35(48)42(19-39)36(49)38(27,37)41)34(47)43(33(25)46)23-11-9-22(10-12-23)31(44)21-6-4-3-5-7-21/h3-13,15-17,25-27,30,45H,14,18-19H2,1-2H3. The van der Waals surface area contributed by atoms with Gasteiger partial charge in [0.2, 0.25) is 17.6 Å². The fourth-order valence-corrected chi connectivity index (χ4v) is 9.37. The van der Waals surface area contributed by atoms with Gasteiger partial charge in [-0.1, -0.05) is 70.1 Å². The Morgan fingerprint density at radius 1 is 0.922 bits per heavy atom. The van der Waals surface area contributed by atoms with E-state index in [1.807, 2.05) is 12.1 Å². The topological polar surface area (TPSA) is 131 Å². The van der Waals surface area contributed by atoms with E-state index >= 15 is 0 Å². The van der Waals surface area contributed by atoms with Crippen LogP contribution in [0.3, 0.4) is 0 Å². The van der Waals surface area contributed by atoms with E-state index in [9.17, 15) is 29.1 Å². The summed E-state index contributed by atoms with van der Waals surface area (Å²) < 4.78 is 10.6. The van der Waals surface area contributed by atoms with Gasteiger partial charge in [-0.05, 0) is 60.7 Å². The number of aromatic hydroxyl groups is 1. The van der Waals surface area contributed by atoms with E-state index < -0.39 is 57.0 Å². The van der Waals surface area contributed by atoms with Crippen LogP contribution in [0.4, 0.5) is 5.69 Å². The van der Waals surface area contributed by atoms with E-state index in [1.54, 1.807) is 72.8 Å². The van der Waals surface area contributed by atoms with E-state index in [4.69, 9.17) is 32.7 Å². The first-order chi connectivity index (χ1) is 24.4. The maximum atomic E-state index is 14.3. The Morgan fingerprint density at radius 2 is 1.55 bits per heavy atom.